The molecule has 4 rings (SSSR count). The second-order valence-electron chi connectivity index (χ2n) is 9.65. The smallest absolute Gasteiger partial charge is 0.300 e. The Morgan fingerprint density at radius 1 is 0.911 bits per heavy atom. The largest absolute Gasteiger partial charge is 0.504 e. The summed E-state index contributed by atoms with van der Waals surface area (Å²) in [6, 6.07) is 9.92. The molecule has 0 unspecified atom stereocenters. The Labute approximate surface area is 253 Å². The lowest BCUT2D eigenvalue weighted by Gasteiger charge is -2.19. The van der Waals surface area contributed by atoms with Crippen LogP contribution in [0, 0.1) is 20.2 Å². The summed E-state index contributed by atoms with van der Waals surface area (Å²) in [5.41, 5.74) is 0.112. The van der Waals surface area contributed by atoms with Gasteiger partial charge in [0.2, 0.25) is 11.8 Å². The first kappa shape index (κ1) is 31.5. The summed E-state index contributed by atoms with van der Waals surface area (Å²) in [4.78, 5) is 51.5. The molecule has 0 saturated carbocycles. The van der Waals surface area contributed by atoms with Crippen LogP contribution in [0.2, 0.25) is 0 Å². The lowest BCUT2D eigenvalue weighted by molar-refractivity contribution is -0.394. The number of amides is 2. The minimum absolute atomic E-state index is 0.0530. The highest BCUT2D eigenvalue weighted by Crippen LogP contribution is 2.29. The Morgan fingerprint density at radius 3 is 2.29 bits per heavy atom. The molecule has 45 heavy (non-hydrogen) atoms. The number of nitro groups is 2. The molecule has 0 radical (unpaired) electrons. The van der Waals surface area contributed by atoms with Crippen LogP contribution < -0.4 is 10.6 Å². The monoisotopic (exact) mass is 618 g/mol. The summed E-state index contributed by atoms with van der Waals surface area (Å²) >= 11 is 0. The Hall–Kier alpha value is -6.45. The minimum atomic E-state index is -1.24. The van der Waals surface area contributed by atoms with Gasteiger partial charge in [-0.15, -0.1) is 0 Å². The highest BCUT2D eigenvalue weighted by atomic mass is 16.6. The average molecular weight is 619 g/mol. The van der Waals surface area contributed by atoms with Gasteiger partial charge in [0, 0.05) is 37.0 Å². The number of aromatic hydroxyl groups is 4. The van der Waals surface area contributed by atoms with E-state index >= 15 is 0 Å². The number of nitrogens with one attached hydrogen (secondary N) is 2. The summed E-state index contributed by atoms with van der Waals surface area (Å²) in [6.45, 7) is 0.0745. The van der Waals surface area contributed by atoms with Crippen LogP contribution >= 0.6 is 0 Å². The van der Waals surface area contributed by atoms with Gasteiger partial charge in [0.15, 0.2) is 23.0 Å². The number of rotatable bonds is 12. The van der Waals surface area contributed by atoms with Crippen LogP contribution in [0.25, 0.3) is 11.8 Å². The number of benzene rings is 3. The molecule has 16 nitrogen and oxygen atoms in total. The Bertz CT molecular complexity index is 1800. The quantitative estimate of drug-likeness (QED) is 0.0583. The number of hydrogen-bond acceptors (Lipinski definition) is 11. The number of phenols is 4. The number of imidazole rings is 1. The van der Waals surface area contributed by atoms with Crippen molar-refractivity contribution in [1.82, 2.24) is 20.2 Å². The second kappa shape index (κ2) is 13.7. The number of hydrogen-bond donors (Lipinski definition) is 6. The third-order valence-electron chi connectivity index (χ3n) is 6.57. The van der Waals surface area contributed by atoms with Gasteiger partial charge in [0.25, 0.3) is 11.4 Å². The van der Waals surface area contributed by atoms with Gasteiger partial charge in [0.05, 0.1) is 22.2 Å². The fraction of sp³-hybridized carbons (Fsp3) is 0.138. The van der Waals surface area contributed by atoms with E-state index in [0.29, 0.717) is 11.1 Å². The molecule has 232 valence electrons. The molecular weight excluding hydrogens is 592 g/mol. The molecule has 1 atom stereocenters. The number of non-ortho nitro benzene ring substituents is 1. The fourth-order valence-corrected chi connectivity index (χ4v) is 4.30. The highest BCUT2D eigenvalue weighted by Gasteiger charge is 2.26. The van der Waals surface area contributed by atoms with E-state index in [4.69, 9.17) is 0 Å². The number of nitrogens with zero attached hydrogens (tertiary/aromatic N) is 4. The number of carbonyl (C=O) groups is 2. The van der Waals surface area contributed by atoms with E-state index in [9.17, 15) is 50.2 Å². The van der Waals surface area contributed by atoms with Crippen LogP contribution in [0.5, 0.6) is 23.0 Å². The van der Waals surface area contributed by atoms with E-state index in [1.54, 1.807) is 6.07 Å². The van der Waals surface area contributed by atoms with Crippen molar-refractivity contribution in [3.8, 4) is 28.7 Å². The van der Waals surface area contributed by atoms with Gasteiger partial charge in [0.1, 0.15) is 11.7 Å². The van der Waals surface area contributed by atoms with Crippen LogP contribution in [0.15, 0.2) is 73.2 Å². The molecule has 1 heterocycles. The number of phenolic OH excluding ortho intramolecular Hbond substituents is 4. The molecule has 0 aliphatic carbocycles. The zero-order valence-corrected chi connectivity index (χ0v) is 23.2. The van der Waals surface area contributed by atoms with Crippen molar-refractivity contribution < 1.29 is 39.9 Å². The molecule has 0 aliphatic rings. The lowest BCUT2D eigenvalue weighted by atomic mass is 10.1. The molecule has 16 heteroatoms. The van der Waals surface area contributed by atoms with Crippen molar-refractivity contribution in [2.75, 3.05) is 6.54 Å². The predicted molar refractivity (Wildman–Crippen MR) is 158 cm³/mol. The maximum atomic E-state index is 13.3. The van der Waals surface area contributed by atoms with E-state index in [-0.39, 0.29) is 48.0 Å². The van der Waals surface area contributed by atoms with Gasteiger partial charge in [-0.05, 0) is 54.0 Å². The SMILES string of the molecule is O=C(/C=C/c1ccc(O)c(O)c1)N[C@@H](Cc1cncn1-c1ccc([N+](=O)[O-])cc1[N+](=O)[O-])C(=O)NCCc1ccc(O)c(O)c1. The van der Waals surface area contributed by atoms with Gasteiger partial charge >= 0.3 is 0 Å². The Kier molecular flexibility index (Phi) is 9.57. The summed E-state index contributed by atoms with van der Waals surface area (Å²) in [6.07, 6.45) is 5.05. The highest BCUT2D eigenvalue weighted by molar-refractivity contribution is 5.95. The molecule has 2 amide bonds. The molecule has 0 bridgehead atoms. The second-order valence-corrected chi connectivity index (χ2v) is 9.65. The molecule has 0 saturated heterocycles. The predicted octanol–water partition coefficient (Wildman–Crippen LogP) is 2.61. The maximum absolute atomic E-state index is 13.3. The molecule has 3 aromatic carbocycles. The van der Waals surface area contributed by atoms with Gasteiger partial charge < -0.3 is 31.1 Å². The summed E-state index contributed by atoms with van der Waals surface area (Å²) in [5, 5.41) is 66.6. The van der Waals surface area contributed by atoms with Crippen molar-refractivity contribution in [3.05, 3.63) is 110 Å². The fourth-order valence-electron chi connectivity index (χ4n) is 4.30. The molecule has 0 spiro atoms. The van der Waals surface area contributed by atoms with Gasteiger partial charge in [-0.25, -0.2) is 4.98 Å². The van der Waals surface area contributed by atoms with Crippen molar-refractivity contribution in [2.45, 2.75) is 18.9 Å². The number of carbonyl (C=O) groups excluding carboxylic acids is 2. The Morgan fingerprint density at radius 2 is 1.62 bits per heavy atom. The standard InChI is InChI=1S/C29H26N6O10/c36-24-6-1-17(11-26(24)38)3-8-28(40)32-21(29(41)31-10-9-18-2-7-25(37)27(39)12-18)13-20-15-30-16-33(20)22-5-4-19(34(42)43)14-23(22)35(44)45/h1-8,11-12,14-16,21,36-39H,9-10,13H2,(H,31,41)(H,32,40)/b8-3+/t21-/m0/s1. The third kappa shape index (κ3) is 7.89. The molecule has 6 N–H and O–H groups in total. The number of aromatic nitrogens is 2. The van der Waals surface area contributed by atoms with Gasteiger partial charge in [-0.1, -0.05) is 12.1 Å². The zero-order valence-electron chi connectivity index (χ0n) is 23.2. The topological polar surface area (TPSA) is 243 Å². The van der Waals surface area contributed by atoms with Crippen molar-refractivity contribution in [3.63, 3.8) is 0 Å². The average Bonchev–Trinajstić information content (AvgIpc) is 3.46. The van der Waals surface area contributed by atoms with E-state index in [1.165, 1.54) is 59.6 Å². The number of nitro benzene ring substituents is 2. The van der Waals surface area contributed by atoms with Crippen LogP contribution in [0.4, 0.5) is 11.4 Å². The van der Waals surface area contributed by atoms with Crippen molar-refractivity contribution in [2.24, 2.45) is 0 Å². The van der Waals surface area contributed by atoms with E-state index < -0.39 is 44.8 Å². The van der Waals surface area contributed by atoms with Gasteiger partial charge in [-0.3, -0.25) is 34.4 Å². The summed E-state index contributed by atoms with van der Waals surface area (Å²) in [7, 11) is 0. The third-order valence-corrected chi connectivity index (χ3v) is 6.57. The van der Waals surface area contributed by atoms with Crippen LogP contribution in [-0.2, 0) is 22.4 Å². The molecule has 0 fully saturated rings. The van der Waals surface area contributed by atoms with Crippen LogP contribution in [0.3, 0.4) is 0 Å². The molecule has 4 aromatic rings. The summed E-state index contributed by atoms with van der Waals surface area (Å²) < 4.78 is 1.28. The first-order chi connectivity index (χ1) is 21.4. The molecular formula is C29H26N6O10. The van der Waals surface area contributed by atoms with E-state index in [0.717, 1.165) is 18.2 Å². The first-order valence-electron chi connectivity index (χ1n) is 13.2. The zero-order chi connectivity index (χ0) is 32.7. The summed E-state index contributed by atoms with van der Waals surface area (Å²) in [5.74, 6) is -2.71. The van der Waals surface area contributed by atoms with Crippen molar-refractivity contribution >= 4 is 29.3 Å². The van der Waals surface area contributed by atoms with E-state index in [2.05, 4.69) is 15.6 Å². The maximum Gasteiger partial charge on any atom is 0.300 e. The minimum Gasteiger partial charge on any atom is -0.504 e. The van der Waals surface area contributed by atoms with Crippen molar-refractivity contribution in [1.29, 1.82) is 0 Å². The van der Waals surface area contributed by atoms with Crippen LogP contribution in [0.1, 0.15) is 16.8 Å². The van der Waals surface area contributed by atoms with Gasteiger partial charge in [-0.2, -0.15) is 0 Å². The first-order valence-corrected chi connectivity index (χ1v) is 13.2. The molecule has 0 aliphatic heterocycles. The van der Waals surface area contributed by atoms with Crippen LogP contribution in [-0.4, -0.2) is 64.2 Å². The van der Waals surface area contributed by atoms with E-state index in [1.807, 2.05) is 0 Å². The normalized spacial score (nSPS) is 11.6. The Balaban J connectivity index is 1.58. The lowest BCUT2D eigenvalue weighted by Crippen LogP contribution is -2.48. The molecule has 1 aromatic heterocycles.